The molecule has 0 amide bonds. The van der Waals surface area contributed by atoms with Crippen molar-refractivity contribution >= 4 is 17.7 Å². The van der Waals surface area contributed by atoms with E-state index in [0.29, 0.717) is 12.0 Å². The third kappa shape index (κ3) is 7.45. The first-order valence-corrected chi connectivity index (χ1v) is 9.71. The summed E-state index contributed by atoms with van der Waals surface area (Å²) in [5.41, 5.74) is 0.682. The predicted molar refractivity (Wildman–Crippen MR) is 109 cm³/mol. The van der Waals surface area contributed by atoms with Gasteiger partial charge in [0.25, 0.3) is 0 Å². The van der Waals surface area contributed by atoms with Gasteiger partial charge in [0.15, 0.2) is 5.96 Å². The van der Waals surface area contributed by atoms with Gasteiger partial charge < -0.3 is 20.3 Å². The van der Waals surface area contributed by atoms with Gasteiger partial charge in [0.05, 0.1) is 0 Å². The average Bonchev–Trinajstić information content (AvgIpc) is 2.60. The second-order valence-corrected chi connectivity index (χ2v) is 7.88. The number of aliphatic imine (C=N–C) groups is 1. The number of carbonyl (C=O) groups excluding carboxylic acids is 1. The lowest BCUT2D eigenvalue weighted by molar-refractivity contribution is -0.152. The molecule has 1 aromatic rings. The first-order chi connectivity index (χ1) is 12.8. The molecule has 0 bridgehead atoms. The maximum atomic E-state index is 11.9. The van der Waals surface area contributed by atoms with Crippen molar-refractivity contribution < 1.29 is 9.53 Å². The molecule has 150 valence electrons. The first-order valence-electron chi connectivity index (χ1n) is 9.71. The number of aromatic nitrogens is 1. The van der Waals surface area contributed by atoms with Crippen LogP contribution in [0.1, 0.15) is 46.1 Å². The summed E-state index contributed by atoms with van der Waals surface area (Å²) in [6, 6.07) is 4.50. The Labute approximate surface area is 162 Å². The Balaban J connectivity index is 1.85. The Morgan fingerprint density at radius 1 is 1.33 bits per heavy atom. The van der Waals surface area contributed by atoms with Crippen molar-refractivity contribution in [3.8, 4) is 0 Å². The summed E-state index contributed by atoms with van der Waals surface area (Å²) in [5, 5.41) is 6.64. The summed E-state index contributed by atoms with van der Waals surface area (Å²) >= 11 is 0. The van der Waals surface area contributed by atoms with Crippen LogP contribution >= 0.6 is 0 Å². The summed E-state index contributed by atoms with van der Waals surface area (Å²) in [6.45, 7) is 12.3. The van der Waals surface area contributed by atoms with Gasteiger partial charge in [-0.15, -0.1) is 0 Å². The van der Waals surface area contributed by atoms with Crippen molar-refractivity contribution in [1.29, 1.82) is 0 Å². The van der Waals surface area contributed by atoms with Crippen molar-refractivity contribution in [1.82, 2.24) is 15.6 Å². The Bertz CT molecular complexity index is 629. The van der Waals surface area contributed by atoms with Gasteiger partial charge in [0.2, 0.25) is 0 Å². The Morgan fingerprint density at radius 2 is 2.04 bits per heavy atom. The zero-order valence-electron chi connectivity index (χ0n) is 17.2. The molecule has 0 aliphatic carbocycles. The van der Waals surface area contributed by atoms with Crippen LogP contribution in [0.4, 0.5) is 5.82 Å². The number of hydrogen-bond donors (Lipinski definition) is 2. The SMILES string of the molecule is CCNC(=NCC(=O)OC(C)(C)C)NC1CCN(c2ccc(C)cn2)CC1. The summed E-state index contributed by atoms with van der Waals surface area (Å²) in [7, 11) is 0. The van der Waals surface area contributed by atoms with Crippen molar-refractivity contribution in [3.05, 3.63) is 23.9 Å². The number of rotatable bonds is 5. The zero-order chi connectivity index (χ0) is 19.9. The van der Waals surface area contributed by atoms with Gasteiger partial charge in [-0.2, -0.15) is 0 Å². The fraction of sp³-hybridized carbons (Fsp3) is 0.650. The van der Waals surface area contributed by atoms with E-state index in [4.69, 9.17) is 4.74 Å². The zero-order valence-corrected chi connectivity index (χ0v) is 17.2. The molecule has 2 heterocycles. The van der Waals surface area contributed by atoms with Crippen molar-refractivity contribution in [3.63, 3.8) is 0 Å². The highest BCUT2D eigenvalue weighted by Crippen LogP contribution is 2.18. The van der Waals surface area contributed by atoms with Gasteiger partial charge in [-0.05, 0) is 59.1 Å². The molecule has 2 N–H and O–H groups in total. The molecule has 0 aromatic carbocycles. The van der Waals surface area contributed by atoms with Crippen LogP contribution in [0.5, 0.6) is 0 Å². The standard InChI is InChI=1S/C20H33N5O2/c1-6-21-19(23-14-18(26)27-20(3,4)5)24-16-9-11-25(12-10-16)17-8-7-15(2)13-22-17/h7-8,13,16H,6,9-12,14H2,1-5H3,(H2,21,23,24). The van der Waals surface area contributed by atoms with Gasteiger partial charge >= 0.3 is 5.97 Å². The molecule has 0 saturated carbocycles. The van der Waals surface area contributed by atoms with E-state index in [1.54, 1.807) is 0 Å². The minimum Gasteiger partial charge on any atom is -0.459 e. The fourth-order valence-corrected chi connectivity index (χ4v) is 2.93. The quantitative estimate of drug-likeness (QED) is 0.467. The predicted octanol–water partition coefficient (Wildman–Crippen LogP) is 2.26. The highest BCUT2D eigenvalue weighted by atomic mass is 16.6. The number of piperidine rings is 1. The van der Waals surface area contributed by atoms with Gasteiger partial charge in [0, 0.05) is 31.9 Å². The molecule has 0 radical (unpaired) electrons. The number of guanidine groups is 1. The minimum atomic E-state index is -0.491. The summed E-state index contributed by atoms with van der Waals surface area (Å²) in [5.74, 6) is 1.37. The molecule has 1 aliphatic heterocycles. The number of esters is 1. The van der Waals surface area contributed by atoms with E-state index < -0.39 is 5.60 Å². The van der Waals surface area contributed by atoms with E-state index in [1.165, 1.54) is 5.56 Å². The number of aryl methyl sites for hydroxylation is 1. The molecule has 7 heteroatoms. The molecule has 2 rings (SSSR count). The number of pyridine rings is 1. The lowest BCUT2D eigenvalue weighted by Gasteiger charge is -2.33. The summed E-state index contributed by atoms with van der Waals surface area (Å²) < 4.78 is 5.31. The Hall–Kier alpha value is -2.31. The van der Waals surface area contributed by atoms with Crippen molar-refractivity contribution in [2.45, 2.75) is 59.1 Å². The van der Waals surface area contributed by atoms with Gasteiger partial charge in [-0.25, -0.2) is 9.98 Å². The van der Waals surface area contributed by atoms with Crippen molar-refractivity contribution in [2.75, 3.05) is 31.1 Å². The number of hydrogen-bond acceptors (Lipinski definition) is 5. The molecule has 1 aromatic heterocycles. The third-order valence-electron chi connectivity index (χ3n) is 4.19. The summed E-state index contributed by atoms with van der Waals surface area (Å²) in [4.78, 5) is 23.1. The van der Waals surface area contributed by atoms with Crippen LogP contribution in [0.3, 0.4) is 0 Å². The average molecular weight is 376 g/mol. The molecule has 0 atom stereocenters. The molecule has 1 aliphatic rings. The van der Waals surface area contributed by atoms with Crippen molar-refractivity contribution in [2.24, 2.45) is 4.99 Å². The molecular weight excluding hydrogens is 342 g/mol. The van der Waals surface area contributed by atoms with E-state index in [-0.39, 0.29) is 12.5 Å². The number of anilines is 1. The van der Waals surface area contributed by atoms with E-state index in [9.17, 15) is 4.79 Å². The molecule has 1 fully saturated rings. The van der Waals surface area contributed by atoms with E-state index in [1.807, 2.05) is 40.8 Å². The van der Waals surface area contributed by atoms with Gasteiger partial charge in [-0.1, -0.05) is 6.07 Å². The molecule has 0 spiro atoms. The molecule has 1 saturated heterocycles. The van der Waals surface area contributed by atoms with E-state index in [2.05, 4.69) is 37.6 Å². The van der Waals surface area contributed by atoms with Crippen LogP contribution in [-0.4, -0.2) is 54.7 Å². The largest absolute Gasteiger partial charge is 0.459 e. The number of carbonyl (C=O) groups is 1. The lowest BCUT2D eigenvalue weighted by atomic mass is 10.1. The van der Waals surface area contributed by atoms with Crippen LogP contribution in [0.15, 0.2) is 23.3 Å². The van der Waals surface area contributed by atoms with Crippen LogP contribution in [0, 0.1) is 6.92 Å². The van der Waals surface area contributed by atoms with Gasteiger partial charge in [0.1, 0.15) is 18.0 Å². The Morgan fingerprint density at radius 3 is 2.59 bits per heavy atom. The molecule has 0 unspecified atom stereocenters. The topological polar surface area (TPSA) is 78.8 Å². The smallest absolute Gasteiger partial charge is 0.328 e. The summed E-state index contributed by atoms with van der Waals surface area (Å²) in [6.07, 6.45) is 3.89. The fourth-order valence-electron chi connectivity index (χ4n) is 2.93. The van der Waals surface area contributed by atoms with Crippen LogP contribution in [-0.2, 0) is 9.53 Å². The van der Waals surface area contributed by atoms with Crippen LogP contribution in [0.2, 0.25) is 0 Å². The molecule has 7 nitrogen and oxygen atoms in total. The monoisotopic (exact) mass is 375 g/mol. The maximum absolute atomic E-state index is 11.9. The number of nitrogens with one attached hydrogen (secondary N) is 2. The lowest BCUT2D eigenvalue weighted by Crippen LogP contribution is -2.49. The highest BCUT2D eigenvalue weighted by Gasteiger charge is 2.21. The van der Waals surface area contributed by atoms with Gasteiger partial charge in [-0.3, -0.25) is 4.79 Å². The first kappa shape index (κ1) is 21.0. The number of ether oxygens (including phenoxy) is 1. The maximum Gasteiger partial charge on any atom is 0.328 e. The minimum absolute atomic E-state index is 0.0126. The van der Waals surface area contributed by atoms with E-state index >= 15 is 0 Å². The number of nitrogens with zero attached hydrogens (tertiary/aromatic N) is 3. The normalized spacial score (nSPS) is 16.2. The molecular formula is C20H33N5O2. The highest BCUT2D eigenvalue weighted by molar-refractivity contribution is 5.83. The second kappa shape index (κ2) is 9.58. The third-order valence-corrected chi connectivity index (χ3v) is 4.19. The van der Waals surface area contributed by atoms with E-state index in [0.717, 1.165) is 38.3 Å². The van der Waals surface area contributed by atoms with Crippen LogP contribution < -0.4 is 15.5 Å². The Kier molecular flexibility index (Phi) is 7.45. The molecule has 27 heavy (non-hydrogen) atoms. The van der Waals surface area contributed by atoms with Crippen LogP contribution in [0.25, 0.3) is 0 Å². The second-order valence-electron chi connectivity index (χ2n) is 7.88.